The van der Waals surface area contributed by atoms with Gasteiger partial charge in [-0.3, -0.25) is 14.6 Å². The lowest BCUT2D eigenvalue weighted by Crippen LogP contribution is -2.40. The van der Waals surface area contributed by atoms with Crippen molar-refractivity contribution in [3.05, 3.63) is 51.5 Å². The third kappa shape index (κ3) is 5.45. The predicted octanol–water partition coefficient (Wildman–Crippen LogP) is 5.10. The number of nitrogens with one attached hydrogen (secondary N) is 1. The van der Waals surface area contributed by atoms with Crippen LogP contribution in [-0.2, 0) is 15.4 Å². The monoisotopic (exact) mass is 535 g/mol. The fourth-order valence-electron chi connectivity index (χ4n) is 4.72. The molecule has 36 heavy (non-hydrogen) atoms. The quantitative estimate of drug-likeness (QED) is 0.521. The number of rotatable bonds is 7. The Morgan fingerprint density at radius 2 is 2.06 bits per heavy atom. The normalized spacial score (nSPS) is 21.9. The minimum Gasteiger partial charge on any atom is -0.477 e. The third-order valence-electron chi connectivity index (χ3n) is 6.75. The van der Waals surface area contributed by atoms with Crippen molar-refractivity contribution in [1.82, 2.24) is 20.0 Å². The Hall–Kier alpha value is -2.43. The first-order valence-corrected chi connectivity index (χ1v) is 14.1. The van der Waals surface area contributed by atoms with Crippen LogP contribution in [0.25, 0.3) is 0 Å². The Balaban J connectivity index is 1.53. The molecule has 2 aromatic heterocycles. The molecule has 0 radical (unpaired) electrons. The van der Waals surface area contributed by atoms with Crippen LogP contribution in [0.3, 0.4) is 0 Å². The highest BCUT2D eigenvalue weighted by Crippen LogP contribution is 2.40. The standard InChI is InChI=1S/C25H34ClN5O4S/c1-7-34-21-13-27-20(12-28-21)16(3)31-9-8-19-15(2)10-18(11-17(19)14-31)36(32,33)30-24-22(26)23(35-29-24)25(4,5)6/h10-13,15-16,19H,7-9,14H2,1-6H3,(H,29,30)/t15?,16-,19?/m1/s1. The Labute approximate surface area is 218 Å². The summed E-state index contributed by atoms with van der Waals surface area (Å²) < 4.78 is 39.8. The summed E-state index contributed by atoms with van der Waals surface area (Å²) in [4.78, 5) is 11.4. The SMILES string of the molecule is CCOc1cnc([C@@H](C)N2CCC3C(=CC(S(=O)(=O)Nc4noc(C(C)(C)C)c4Cl)=CC3C)C2)cn1. The molecule has 2 aromatic rings. The summed E-state index contributed by atoms with van der Waals surface area (Å²) in [5.74, 6) is 1.31. The number of sulfonamides is 1. The topological polar surface area (TPSA) is 110 Å². The van der Waals surface area contributed by atoms with E-state index in [9.17, 15) is 8.42 Å². The van der Waals surface area contributed by atoms with E-state index in [1.165, 1.54) is 0 Å². The van der Waals surface area contributed by atoms with Crippen LogP contribution in [0.2, 0.25) is 5.02 Å². The summed E-state index contributed by atoms with van der Waals surface area (Å²) in [5.41, 5.74) is 1.53. The summed E-state index contributed by atoms with van der Waals surface area (Å²) >= 11 is 6.39. The summed E-state index contributed by atoms with van der Waals surface area (Å²) in [6.45, 7) is 13.9. The van der Waals surface area contributed by atoms with E-state index < -0.39 is 15.4 Å². The van der Waals surface area contributed by atoms with Crippen molar-refractivity contribution < 1.29 is 17.7 Å². The lowest BCUT2D eigenvalue weighted by Gasteiger charge is -2.41. The van der Waals surface area contributed by atoms with Gasteiger partial charge in [-0.05, 0) is 44.7 Å². The average molecular weight is 536 g/mol. The summed E-state index contributed by atoms with van der Waals surface area (Å²) in [7, 11) is -3.90. The number of ether oxygens (including phenoxy) is 1. The van der Waals surface area contributed by atoms with Crippen molar-refractivity contribution in [2.75, 3.05) is 24.4 Å². The predicted molar refractivity (Wildman–Crippen MR) is 139 cm³/mol. The van der Waals surface area contributed by atoms with Gasteiger partial charge in [0.25, 0.3) is 10.0 Å². The van der Waals surface area contributed by atoms with Crippen molar-refractivity contribution >= 4 is 27.4 Å². The molecule has 2 aliphatic rings. The minimum absolute atomic E-state index is 0.00337. The number of hydrogen-bond acceptors (Lipinski definition) is 8. The first kappa shape index (κ1) is 26.6. The molecule has 11 heteroatoms. The van der Waals surface area contributed by atoms with Crippen LogP contribution in [0.5, 0.6) is 5.88 Å². The van der Waals surface area contributed by atoms with Crippen LogP contribution in [0.1, 0.15) is 65.5 Å². The molecule has 4 rings (SSSR count). The van der Waals surface area contributed by atoms with Gasteiger partial charge in [-0.1, -0.05) is 56.1 Å². The second kappa shape index (κ2) is 10.1. The van der Waals surface area contributed by atoms with Crippen molar-refractivity contribution in [2.45, 2.75) is 59.4 Å². The number of likely N-dealkylation sites (tertiary alicyclic amines) is 1. The van der Waals surface area contributed by atoms with Crippen LogP contribution < -0.4 is 9.46 Å². The number of nitrogens with zero attached hydrogens (tertiary/aromatic N) is 4. The molecule has 1 saturated heterocycles. The van der Waals surface area contributed by atoms with Gasteiger partial charge in [0.1, 0.15) is 5.02 Å². The fraction of sp³-hybridized carbons (Fsp3) is 0.560. The molecule has 0 aromatic carbocycles. The average Bonchev–Trinajstić information content (AvgIpc) is 3.18. The zero-order valence-corrected chi connectivity index (χ0v) is 23.2. The molecule has 0 spiro atoms. The molecule has 196 valence electrons. The van der Waals surface area contributed by atoms with Crippen LogP contribution in [-0.4, -0.2) is 48.1 Å². The highest BCUT2D eigenvalue weighted by Gasteiger charge is 2.35. The maximum atomic E-state index is 13.3. The number of anilines is 1. The van der Waals surface area contributed by atoms with Crippen LogP contribution in [0.4, 0.5) is 5.82 Å². The van der Waals surface area contributed by atoms with Gasteiger partial charge in [0, 0.05) is 12.0 Å². The first-order valence-electron chi connectivity index (χ1n) is 12.2. The molecule has 1 fully saturated rings. The molecule has 1 N–H and O–H groups in total. The van der Waals surface area contributed by atoms with Gasteiger partial charge in [-0.25, -0.2) is 13.4 Å². The zero-order chi connectivity index (χ0) is 26.3. The summed E-state index contributed by atoms with van der Waals surface area (Å²) in [5, 5.41) is 4.05. The smallest absolute Gasteiger partial charge is 0.262 e. The van der Waals surface area contributed by atoms with Gasteiger partial charge >= 0.3 is 0 Å². The Bertz CT molecular complexity index is 1260. The molecule has 3 heterocycles. The maximum Gasteiger partial charge on any atom is 0.262 e. The van der Waals surface area contributed by atoms with Gasteiger partial charge < -0.3 is 9.26 Å². The lowest BCUT2D eigenvalue weighted by molar-refractivity contribution is 0.166. The molecule has 9 nitrogen and oxygen atoms in total. The van der Waals surface area contributed by atoms with E-state index in [1.807, 2.05) is 33.8 Å². The van der Waals surface area contributed by atoms with E-state index in [2.05, 4.69) is 38.6 Å². The minimum atomic E-state index is -3.90. The summed E-state index contributed by atoms with van der Waals surface area (Å²) in [6.07, 6.45) is 7.92. The molecular formula is C25H34ClN5O4S. The lowest BCUT2D eigenvalue weighted by atomic mass is 9.78. The number of fused-ring (bicyclic) bond motifs is 1. The van der Waals surface area contributed by atoms with E-state index in [1.54, 1.807) is 18.5 Å². The molecule has 1 aliphatic carbocycles. The van der Waals surface area contributed by atoms with Crippen molar-refractivity contribution in [2.24, 2.45) is 11.8 Å². The highest BCUT2D eigenvalue weighted by molar-refractivity contribution is 7.96. The number of allylic oxidation sites excluding steroid dienone is 2. The van der Waals surface area contributed by atoms with Crippen LogP contribution in [0.15, 0.2) is 39.5 Å². The number of hydrogen-bond donors (Lipinski definition) is 1. The largest absolute Gasteiger partial charge is 0.477 e. The van der Waals surface area contributed by atoms with Crippen molar-refractivity contribution in [1.29, 1.82) is 0 Å². The summed E-state index contributed by atoms with van der Waals surface area (Å²) in [6, 6.07) is 0.0270. The number of halogens is 1. The second-order valence-corrected chi connectivity index (χ2v) is 12.5. The second-order valence-electron chi connectivity index (χ2n) is 10.4. The van der Waals surface area contributed by atoms with Crippen molar-refractivity contribution in [3.8, 4) is 5.88 Å². The van der Waals surface area contributed by atoms with Gasteiger partial charge in [0.2, 0.25) is 11.7 Å². The maximum absolute atomic E-state index is 13.3. The molecule has 3 atom stereocenters. The Morgan fingerprint density at radius 3 is 2.67 bits per heavy atom. The Morgan fingerprint density at radius 1 is 1.31 bits per heavy atom. The zero-order valence-electron chi connectivity index (χ0n) is 21.6. The third-order valence-corrected chi connectivity index (χ3v) is 8.44. The molecular weight excluding hydrogens is 502 g/mol. The molecule has 2 unspecified atom stereocenters. The number of piperidine rings is 1. The molecule has 0 saturated carbocycles. The first-order chi connectivity index (χ1) is 16.9. The van der Waals surface area contributed by atoms with E-state index in [0.29, 0.717) is 30.7 Å². The van der Waals surface area contributed by atoms with Gasteiger partial charge in [0.15, 0.2) is 5.76 Å². The Kier molecular flexibility index (Phi) is 7.50. The van der Waals surface area contributed by atoms with E-state index in [-0.39, 0.29) is 27.7 Å². The van der Waals surface area contributed by atoms with Crippen molar-refractivity contribution in [3.63, 3.8) is 0 Å². The molecule has 0 amide bonds. The van der Waals surface area contributed by atoms with Gasteiger partial charge in [0.05, 0.1) is 35.6 Å². The van der Waals surface area contributed by atoms with Gasteiger partial charge in [-0.2, -0.15) is 0 Å². The van der Waals surface area contributed by atoms with Gasteiger partial charge in [-0.15, -0.1) is 0 Å². The fourth-order valence-corrected chi connectivity index (χ4v) is 6.39. The van der Waals surface area contributed by atoms with E-state index in [4.69, 9.17) is 20.9 Å². The molecule has 1 aliphatic heterocycles. The number of aromatic nitrogens is 3. The van der Waals surface area contributed by atoms with E-state index >= 15 is 0 Å². The van der Waals surface area contributed by atoms with E-state index in [0.717, 1.165) is 24.2 Å². The van der Waals surface area contributed by atoms with Crippen LogP contribution >= 0.6 is 11.6 Å². The highest BCUT2D eigenvalue weighted by atomic mass is 35.5. The molecule has 0 bridgehead atoms. The van der Waals surface area contributed by atoms with Crippen LogP contribution in [0, 0.1) is 11.8 Å².